The Kier molecular flexibility index (Phi) is 2.92. The van der Waals surface area contributed by atoms with Crippen molar-refractivity contribution in [2.45, 2.75) is 44.8 Å². The van der Waals surface area contributed by atoms with E-state index in [1.807, 2.05) is 0 Å². The van der Waals surface area contributed by atoms with Crippen molar-refractivity contribution < 1.29 is 19.1 Å². The van der Waals surface area contributed by atoms with Crippen molar-refractivity contribution in [2.24, 2.45) is 35.5 Å². The van der Waals surface area contributed by atoms with Crippen LogP contribution in [0.3, 0.4) is 0 Å². The molecule has 4 fully saturated rings. The first-order valence-corrected chi connectivity index (χ1v) is 8.08. The van der Waals surface area contributed by atoms with Crippen LogP contribution in [0.1, 0.15) is 32.6 Å². The molecule has 4 aliphatic rings. The van der Waals surface area contributed by atoms with Crippen molar-refractivity contribution in [1.29, 1.82) is 0 Å². The van der Waals surface area contributed by atoms with Gasteiger partial charge in [-0.25, -0.2) is 4.79 Å². The summed E-state index contributed by atoms with van der Waals surface area (Å²) in [5, 5.41) is 0. The molecule has 4 aliphatic carbocycles. The van der Waals surface area contributed by atoms with Crippen LogP contribution in [0, 0.1) is 35.5 Å². The van der Waals surface area contributed by atoms with Gasteiger partial charge in [0.05, 0.1) is 0 Å². The molecule has 0 amide bonds. The van der Waals surface area contributed by atoms with Crippen LogP contribution in [0.4, 0.5) is 0 Å². The van der Waals surface area contributed by atoms with E-state index in [0.717, 1.165) is 12.8 Å². The third-order valence-electron chi connectivity index (χ3n) is 6.45. The van der Waals surface area contributed by atoms with Crippen molar-refractivity contribution in [3.05, 3.63) is 12.7 Å². The summed E-state index contributed by atoms with van der Waals surface area (Å²) in [6, 6.07) is 0. The molecular weight excluding hydrogens is 268 g/mol. The highest BCUT2D eigenvalue weighted by Gasteiger charge is 2.66. The summed E-state index contributed by atoms with van der Waals surface area (Å²) in [6.45, 7) is 4.99. The minimum absolute atomic E-state index is 0.0910. The molecule has 0 aromatic rings. The first-order chi connectivity index (χ1) is 10.1. The van der Waals surface area contributed by atoms with Gasteiger partial charge in [0.2, 0.25) is 0 Å². The zero-order valence-electron chi connectivity index (χ0n) is 12.4. The first-order valence-electron chi connectivity index (χ1n) is 8.08. The number of esters is 2. The minimum Gasteiger partial charge on any atom is -0.462 e. The van der Waals surface area contributed by atoms with E-state index in [4.69, 9.17) is 9.47 Å². The zero-order valence-corrected chi connectivity index (χ0v) is 12.4. The number of rotatable bonds is 3. The van der Waals surface area contributed by atoms with E-state index in [2.05, 4.69) is 6.58 Å². The largest absolute Gasteiger partial charge is 0.462 e. The average molecular weight is 290 g/mol. The molecule has 0 aromatic heterocycles. The number of carbonyl (C=O) groups excluding carboxylic acids is 2. The molecule has 4 bridgehead atoms. The van der Waals surface area contributed by atoms with Crippen LogP contribution in [0.15, 0.2) is 12.7 Å². The monoisotopic (exact) mass is 290 g/mol. The second-order valence-electron chi connectivity index (χ2n) is 7.27. The van der Waals surface area contributed by atoms with E-state index in [0.29, 0.717) is 35.5 Å². The van der Waals surface area contributed by atoms with E-state index in [9.17, 15) is 9.59 Å². The van der Waals surface area contributed by atoms with Crippen molar-refractivity contribution in [3.63, 3.8) is 0 Å². The first kappa shape index (κ1) is 13.4. The van der Waals surface area contributed by atoms with Gasteiger partial charge in [0.15, 0.2) is 0 Å². The normalized spacial score (nSPS) is 49.0. The fourth-order valence-corrected chi connectivity index (χ4v) is 6.16. The number of fused-ring (bicyclic) bond motifs is 9. The lowest BCUT2D eigenvalue weighted by molar-refractivity contribution is -0.155. The van der Waals surface area contributed by atoms with E-state index >= 15 is 0 Å². The van der Waals surface area contributed by atoms with E-state index < -0.39 is 0 Å². The fourth-order valence-electron chi connectivity index (χ4n) is 6.16. The van der Waals surface area contributed by atoms with Crippen molar-refractivity contribution in [2.75, 3.05) is 0 Å². The smallest absolute Gasteiger partial charge is 0.330 e. The summed E-state index contributed by atoms with van der Waals surface area (Å²) in [4.78, 5) is 22.7. The summed E-state index contributed by atoms with van der Waals surface area (Å²) in [6.07, 6.45) is 5.88. The van der Waals surface area contributed by atoms with Gasteiger partial charge in [0, 0.05) is 13.0 Å². The zero-order chi connectivity index (χ0) is 14.7. The Morgan fingerprint density at radius 3 is 1.95 bits per heavy atom. The summed E-state index contributed by atoms with van der Waals surface area (Å²) >= 11 is 0. The summed E-state index contributed by atoms with van der Waals surface area (Å²) < 4.78 is 11.1. The Hall–Kier alpha value is -1.32. The summed E-state index contributed by atoms with van der Waals surface area (Å²) in [5.41, 5.74) is 0. The summed E-state index contributed by atoms with van der Waals surface area (Å²) in [7, 11) is 0. The maximum atomic E-state index is 11.5. The number of hydrogen-bond acceptors (Lipinski definition) is 4. The van der Waals surface area contributed by atoms with Crippen LogP contribution in [0.2, 0.25) is 0 Å². The highest BCUT2D eigenvalue weighted by Crippen LogP contribution is 2.68. The van der Waals surface area contributed by atoms with Crippen LogP contribution in [-0.2, 0) is 19.1 Å². The van der Waals surface area contributed by atoms with Crippen LogP contribution < -0.4 is 0 Å². The Labute approximate surface area is 124 Å². The third-order valence-corrected chi connectivity index (χ3v) is 6.45. The Morgan fingerprint density at radius 2 is 1.48 bits per heavy atom. The molecule has 0 N–H and O–H groups in total. The lowest BCUT2D eigenvalue weighted by Crippen LogP contribution is -2.41. The van der Waals surface area contributed by atoms with Gasteiger partial charge < -0.3 is 9.47 Å². The Balaban J connectivity index is 1.49. The van der Waals surface area contributed by atoms with E-state index in [1.165, 1.54) is 25.8 Å². The van der Waals surface area contributed by atoms with Gasteiger partial charge in [-0.2, -0.15) is 0 Å². The Morgan fingerprint density at radius 1 is 0.952 bits per heavy atom. The topological polar surface area (TPSA) is 52.6 Å². The molecule has 8 unspecified atom stereocenters. The van der Waals surface area contributed by atoms with Gasteiger partial charge >= 0.3 is 11.9 Å². The molecule has 4 nitrogen and oxygen atoms in total. The maximum Gasteiger partial charge on any atom is 0.330 e. The van der Waals surface area contributed by atoms with E-state index in [1.54, 1.807) is 0 Å². The molecular formula is C17H22O4. The van der Waals surface area contributed by atoms with Crippen molar-refractivity contribution >= 4 is 11.9 Å². The molecule has 4 heteroatoms. The lowest BCUT2D eigenvalue weighted by atomic mass is 9.69. The Bertz CT molecular complexity index is 499. The predicted octanol–water partition coefficient (Wildman–Crippen LogP) is 2.33. The molecule has 4 saturated carbocycles. The highest BCUT2D eigenvalue weighted by atomic mass is 16.5. The number of hydrogen-bond donors (Lipinski definition) is 0. The molecule has 0 aromatic carbocycles. The van der Waals surface area contributed by atoms with Gasteiger partial charge in [-0.1, -0.05) is 6.58 Å². The second-order valence-corrected chi connectivity index (χ2v) is 7.27. The van der Waals surface area contributed by atoms with Gasteiger partial charge in [0.1, 0.15) is 12.2 Å². The SMILES string of the molecule is C=CC(=O)OC1CC2CC1C1C3CC(OC(C)=O)C(C3)C21. The number of ether oxygens (including phenoxy) is 2. The standard InChI is InChI=1S/C17H22O4/c1-3-15(19)21-14-7-10-5-12(14)17-9-4-11(16(10)17)13(6-9)20-8(2)18/h3,9-14,16-17H,1,4-7H2,2H3. The van der Waals surface area contributed by atoms with Crippen LogP contribution >= 0.6 is 0 Å². The predicted molar refractivity (Wildman–Crippen MR) is 75.0 cm³/mol. The van der Waals surface area contributed by atoms with E-state index in [-0.39, 0.29) is 24.1 Å². The van der Waals surface area contributed by atoms with Crippen LogP contribution in [0.5, 0.6) is 0 Å². The molecule has 8 atom stereocenters. The lowest BCUT2D eigenvalue weighted by Gasteiger charge is -2.40. The number of carbonyl (C=O) groups is 2. The van der Waals surface area contributed by atoms with Crippen LogP contribution in [-0.4, -0.2) is 24.1 Å². The minimum atomic E-state index is -0.287. The van der Waals surface area contributed by atoms with Gasteiger partial charge in [-0.3, -0.25) is 4.79 Å². The second kappa shape index (κ2) is 4.59. The molecule has 0 saturated heterocycles. The summed E-state index contributed by atoms with van der Waals surface area (Å²) in [5.74, 6) is 3.32. The highest BCUT2D eigenvalue weighted by molar-refractivity contribution is 5.81. The maximum absolute atomic E-state index is 11.5. The third kappa shape index (κ3) is 1.87. The molecule has 21 heavy (non-hydrogen) atoms. The van der Waals surface area contributed by atoms with Gasteiger partial charge in [-0.05, 0) is 61.2 Å². The van der Waals surface area contributed by atoms with Gasteiger partial charge in [-0.15, -0.1) is 0 Å². The van der Waals surface area contributed by atoms with Crippen molar-refractivity contribution in [1.82, 2.24) is 0 Å². The average Bonchev–Trinajstić information content (AvgIpc) is 3.14. The van der Waals surface area contributed by atoms with Crippen LogP contribution in [0.25, 0.3) is 0 Å². The molecule has 0 aliphatic heterocycles. The molecule has 114 valence electrons. The van der Waals surface area contributed by atoms with Gasteiger partial charge in [0.25, 0.3) is 0 Å². The molecule has 4 rings (SSSR count). The quantitative estimate of drug-likeness (QED) is 0.455. The molecule has 0 radical (unpaired) electrons. The van der Waals surface area contributed by atoms with Crippen molar-refractivity contribution in [3.8, 4) is 0 Å². The fraction of sp³-hybridized carbons (Fsp3) is 0.765. The molecule has 0 spiro atoms. The molecule has 0 heterocycles.